The Morgan fingerprint density at radius 2 is 0.976 bits per heavy atom. The molecule has 0 saturated carbocycles. The molecule has 0 heterocycles. The minimum absolute atomic E-state index is 0.0931. The first-order chi connectivity index (χ1) is 20.7. The third-order valence-corrected chi connectivity index (χ3v) is 7.74. The van der Waals surface area contributed by atoms with E-state index in [1.165, 1.54) is 96.3 Å². The fraction of sp³-hybridized carbons (Fsp3) is 0.763. The van der Waals surface area contributed by atoms with Gasteiger partial charge in [0.1, 0.15) is 0 Å². The van der Waals surface area contributed by atoms with Crippen LogP contribution in [0.2, 0.25) is 0 Å². The molecule has 244 valence electrons. The summed E-state index contributed by atoms with van der Waals surface area (Å²) in [7, 11) is 0. The van der Waals surface area contributed by atoms with Crippen molar-refractivity contribution >= 4 is 5.91 Å². The Morgan fingerprint density at radius 3 is 1.48 bits per heavy atom. The molecule has 0 aliphatic rings. The van der Waals surface area contributed by atoms with E-state index < -0.39 is 12.1 Å². The van der Waals surface area contributed by atoms with Gasteiger partial charge in [-0.15, -0.1) is 0 Å². The number of allylic oxidation sites excluding steroid dienone is 7. The molecule has 0 rings (SSSR count). The van der Waals surface area contributed by atoms with E-state index >= 15 is 0 Å². The van der Waals surface area contributed by atoms with Crippen molar-refractivity contribution in [3.63, 3.8) is 0 Å². The van der Waals surface area contributed by atoms with Crippen molar-refractivity contribution in [2.75, 3.05) is 6.61 Å². The van der Waals surface area contributed by atoms with Crippen molar-refractivity contribution in [3.8, 4) is 0 Å². The molecule has 0 aliphatic carbocycles. The second-order valence-corrected chi connectivity index (χ2v) is 11.9. The molecule has 1 amide bonds. The summed E-state index contributed by atoms with van der Waals surface area (Å²) in [5.41, 5.74) is 0. The largest absolute Gasteiger partial charge is 0.394 e. The molecule has 42 heavy (non-hydrogen) atoms. The number of hydrogen-bond acceptors (Lipinski definition) is 3. The first-order valence-electron chi connectivity index (χ1n) is 17.9. The van der Waals surface area contributed by atoms with Crippen LogP contribution in [0.1, 0.15) is 168 Å². The molecule has 0 aromatic heterocycles. The topological polar surface area (TPSA) is 69.6 Å². The quantitative estimate of drug-likeness (QED) is 0.0558. The smallest absolute Gasteiger partial charge is 0.220 e. The van der Waals surface area contributed by atoms with Crippen LogP contribution in [0.4, 0.5) is 0 Å². The van der Waals surface area contributed by atoms with Crippen LogP contribution in [0.3, 0.4) is 0 Å². The number of aliphatic hydroxyl groups is 2. The van der Waals surface area contributed by atoms with Crippen molar-refractivity contribution in [1.29, 1.82) is 0 Å². The normalized spacial score (nSPS) is 13.7. The Balaban J connectivity index is 3.72. The summed E-state index contributed by atoms with van der Waals surface area (Å²) in [5.74, 6) is -0.0931. The van der Waals surface area contributed by atoms with E-state index in [0.717, 1.165) is 51.4 Å². The molecule has 0 saturated heterocycles. The van der Waals surface area contributed by atoms with E-state index in [-0.39, 0.29) is 12.5 Å². The van der Waals surface area contributed by atoms with Crippen molar-refractivity contribution < 1.29 is 15.0 Å². The van der Waals surface area contributed by atoms with Crippen molar-refractivity contribution in [2.45, 2.75) is 180 Å². The van der Waals surface area contributed by atoms with Gasteiger partial charge in [0.15, 0.2) is 0 Å². The molecule has 2 unspecified atom stereocenters. The van der Waals surface area contributed by atoms with Crippen LogP contribution >= 0.6 is 0 Å². The summed E-state index contributed by atoms with van der Waals surface area (Å²) in [5, 5.41) is 22.8. The number of carbonyl (C=O) groups is 1. The first kappa shape index (κ1) is 40.4. The standard InChI is InChI=1S/C38H69NO3/c1-3-5-7-9-11-13-15-16-17-18-19-20-21-22-23-24-25-27-29-31-33-37(41)36(35-40)39-38(42)34-32-30-28-26-14-12-10-8-6-4-2/h8,10,20-21,24-25,31,33,36-37,40-41H,3-7,9,11-19,22-23,26-30,32,34-35H2,1-2H3,(H,39,42)/b10-8-,21-20+,25-24+,33-31+. The molecule has 0 fully saturated rings. The van der Waals surface area contributed by atoms with Gasteiger partial charge in [-0.25, -0.2) is 0 Å². The van der Waals surface area contributed by atoms with Crippen molar-refractivity contribution in [3.05, 3.63) is 48.6 Å². The van der Waals surface area contributed by atoms with Gasteiger partial charge in [0.25, 0.3) is 0 Å². The molecule has 0 spiro atoms. The predicted octanol–water partition coefficient (Wildman–Crippen LogP) is 10.5. The highest BCUT2D eigenvalue weighted by Gasteiger charge is 2.17. The number of aliphatic hydroxyl groups excluding tert-OH is 2. The molecule has 2 atom stereocenters. The number of nitrogens with one attached hydrogen (secondary N) is 1. The van der Waals surface area contributed by atoms with Gasteiger partial charge in [0.2, 0.25) is 5.91 Å². The van der Waals surface area contributed by atoms with E-state index in [0.29, 0.717) is 6.42 Å². The van der Waals surface area contributed by atoms with Gasteiger partial charge in [-0.2, -0.15) is 0 Å². The second kappa shape index (κ2) is 33.8. The summed E-state index contributed by atoms with van der Waals surface area (Å²) in [6.07, 6.45) is 44.9. The lowest BCUT2D eigenvalue weighted by Crippen LogP contribution is -2.45. The van der Waals surface area contributed by atoms with E-state index in [4.69, 9.17) is 0 Å². The number of amides is 1. The molecule has 4 heteroatoms. The van der Waals surface area contributed by atoms with Gasteiger partial charge < -0.3 is 15.5 Å². The Bertz CT molecular complexity index is 682. The lowest BCUT2D eigenvalue weighted by Gasteiger charge is -2.19. The van der Waals surface area contributed by atoms with Crippen molar-refractivity contribution in [1.82, 2.24) is 5.32 Å². The maximum absolute atomic E-state index is 12.2. The predicted molar refractivity (Wildman–Crippen MR) is 184 cm³/mol. The summed E-state index contributed by atoms with van der Waals surface area (Å²) in [6, 6.07) is -0.647. The molecule has 0 aromatic rings. The Morgan fingerprint density at radius 1 is 0.548 bits per heavy atom. The highest BCUT2D eigenvalue weighted by atomic mass is 16.3. The van der Waals surface area contributed by atoms with Crippen LogP contribution in [0.15, 0.2) is 48.6 Å². The molecule has 4 nitrogen and oxygen atoms in total. The maximum atomic E-state index is 12.2. The van der Waals surface area contributed by atoms with Gasteiger partial charge in [-0.3, -0.25) is 4.79 Å². The zero-order valence-electron chi connectivity index (χ0n) is 27.8. The van der Waals surface area contributed by atoms with Crippen LogP contribution in [-0.4, -0.2) is 34.9 Å². The third-order valence-electron chi connectivity index (χ3n) is 7.74. The van der Waals surface area contributed by atoms with Gasteiger partial charge >= 0.3 is 0 Å². The van der Waals surface area contributed by atoms with Gasteiger partial charge in [0.05, 0.1) is 18.8 Å². The summed E-state index contributed by atoms with van der Waals surface area (Å²) in [4.78, 5) is 12.2. The molecule has 3 N–H and O–H groups in total. The van der Waals surface area contributed by atoms with E-state index in [1.807, 2.05) is 6.08 Å². The Kier molecular flexibility index (Phi) is 32.5. The van der Waals surface area contributed by atoms with Gasteiger partial charge in [0, 0.05) is 6.42 Å². The van der Waals surface area contributed by atoms with E-state index in [1.54, 1.807) is 6.08 Å². The molecule has 0 aromatic carbocycles. The molecule has 0 bridgehead atoms. The first-order valence-corrected chi connectivity index (χ1v) is 17.9. The highest BCUT2D eigenvalue weighted by Crippen LogP contribution is 2.12. The average Bonchev–Trinajstić information content (AvgIpc) is 2.99. The summed E-state index contributed by atoms with van der Waals surface area (Å²) >= 11 is 0. The van der Waals surface area contributed by atoms with Crippen LogP contribution in [0.5, 0.6) is 0 Å². The van der Waals surface area contributed by atoms with E-state index in [9.17, 15) is 15.0 Å². The van der Waals surface area contributed by atoms with Crippen LogP contribution in [0.25, 0.3) is 0 Å². The third kappa shape index (κ3) is 29.8. The maximum Gasteiger partial charge on any atom is 0.220 e. The monoisotopic (exact) mass is 588 g/mol. The Labute approximate surface area is 261 Å². The fourth-order valence-corrected chi connectivity index (χ4v) is 4.97. The highest BCUT2D eigenvalue weighted by molar-refractivity contribution is 5.76. The zero-order chi connectivity index (χ0) is 30.8. The average molecular weight is 588 g/mol. The molecule has 0 aliphatic heterocycles. The fourth-order valence-electron chi connectivity index (χ4n) is 4.97. The lowest BCUT2D eigenvalue weighted by molar-refractivity contribution is -0.123. The summed E-state index contributed by atoms with van der Waals surface area (Å²) < 4.78 is 0. The summed E-state index contributed by atoms with van der Waals surface area (Å²) in [6.45, 7) is 4.20. The lowest BCUT2D eigenvalue weighted by atomic mass is 10.1. The number of hydrogen-bond donors (Lipinski definition) is 3. The van der Waals surface area contributed by atoms with Crippen LogP contribution < -0.4 is 5.32 Å². The number of carbonyl (C=O) groups excluding carboxylic acids is 1. The second-order valence-electron chi connectivity index (χ2n) is 11.9. The minimum Gasteiger partial charge on any atom is -0.394 e. The van der Waals surface area contributed by atoms with Crippen molar-refractivity contribution in [2.24, 2.45) is 0 Å². The minimum atomic E-state index is -0.871. The number of unbranched alkanes of at least 4 members (excludes halogenated alkanes) is 18. The molecular formula is C38H69NO3. The zero-order valence-corrected chi connectivity index (χ0v) is 27.8. The SMILES string of the molecule is CCC/C=C\CCCCCCCC(=O)NC(CO)C(O)/C=C/CC/C=C/CC/C=C/CCCCCCCCCCCC. The Hall–Kier alpha value is -1.65. The molecular weight excluding hydrogens is 518 g/mol. The number of rotatable bonds is 31. The van der Waals surface area contributed by atoms with Gasteiger partial charge in [-0.1, -0.05) is 146 Å². The van der Waals surface area contributed by atoms with Crippen LogP contribution in [0, 0.1) is 0 Å². The van der Waals surface area contributed by atoms with Crippen LogP contribution in [-0.2, 0) is 4.79 Å². The van der Waals surface area contributed by atoms with Gasteiger partial charge in [-0.05, 0) is 64.2 Å². The van der Waals surface area contributed by atoms with E-state index in [2.05, 4.69) is 55.6 Å². The molecule has 0 radical (unpaired) electrons.